The van der Waals surface area contributed by atoms with Crippen LogP contribution in [0.4, 0.5) is 22.0 Å². The van der Waals surface area contributed by atoms with Gasteiger partial charge in [-0.2, -0.15) is 22.0 Å². The van der Waals surface area contributed by atoms with Crippen LogP contribution in [0.2, 0.25) is 0 Å². The van der Waals surface area contributed by atoms with Crippen LogP contribution in [-0.2, 0) is 11.2 Å². The highest BCUT2D eigenvalue weighted by Crippen LogP contribution is 2.70. The summed E-state index contributed by atoms with van der Waals surface area (Å²) in [4.78, 5) is 29.3. The van der Waals surface area contributed by atoms with Gasteiger partial charge in [-0.05, 0) is 97.4 Å². The van der Waals surface area contributed by atoms with Gasteiger partial charge in [0, 0.05) is 48.2 Å². The van der Waals surface area contributed by atoms with E-state index in [2.05, 4.69) is 10.3 Å². The second kappa shape index (κ2) is 10.9. The standard InChI is InChI=1S/C34H35F5N2O3/c1-31-19-27(20-5-7-21(8-6-20)30(43)41-17-14-23-4-2-3-16-40-23)29-25-12-10-24(42)18-22(25)9-11-26(29)28(31)13-15-32(31,44)33(35,36)34(37,38)39/h2-8,16,18,26-28,44H,9-15,17,19H2,1H3,(H,41,43)/t26?,27-,28+,31?,32+/m1/s1. The lowest BCUT2D eigenvalue weighted by Gasteiger charge is -2.56. The minimum Gasteiger partial charge on any atom is -0.383 e. The fourth-order valence-corrected chi connectivity index (χ4v) is 8.53. The molecule has 0 spiro atoms. The third kappa shape index (κ3) is 4.80. The van der Waals surface area contributed by atoms with Gasteiger partial charge in [0.1, 0.15) is 5.60 Å². The van der Waals surface area contributed by atoms with E-state index in [4.69, 9.17) is 0 Å². The smallest absolute Gasteiger partial charge is 0.383 e. The number of halogens is 5. The number of allylic oxidation sites excluding steroid dienone is 4. The molecular weight excluding hydrogens is 579 g/mol. The van der Waals surface area contributed by atoms with E-state index in [0.717, 1.165) is 22.4 Å². The van der Waals surface area contributed by atoms with Gasteiger partial charge in [-0.3, -0.25) is 14.6 Å². The monoisotopic (exact) mass is 614 g/mol. The summed E-state index contributed by atoms with van der Waals surface area (Å²) in [7, 11) is 0. The third-order valence-electron chi connectivity index (χ3n) is 10.7. The highest BCUT2D eigenvalue weighted by atomic mass is 19.4. The SMILES string of the molecule is CC12C[C@H](c3ccc(C(=O)NCCc4ccccn4)cc3)C3=C4CCC(=O)C=C4CCC3[C@@H]1CC[C@@]2(O)C(F)(F)C(F)(F)F. The Labute approximate surface area is 252 Å². The van der Waals surface area contributed by atoms with Gasteiger partial charge in [-0.15, -0.1) is 0 Å². The summed E-state index contributed by atoms with van der Waals surface area (Å²) >= 11 is 0. The molecule has 4 aliphatic carbocycles. The van der Waals surface area contributed by atoms with Crippen molar-refractivity contribution in [1.82, 2.24) is 10.3 Å². The molecule has 0 bridgehead atoms. The first kappa shape index (κ1) is 30.6. The minimum atomic E-state index is -5.90. The molecule has 4 aliphatic rings. The van der Waals surface area contributed by atoms with Crippen LogP contribution in [0.15, 0.2) is 71.5 Å². The number of nitrogens with zero attached hydrogens (tertiary/aromatic N) is 1. The van der Waals surface area contributed by atoms with Crippen molar-refractivity contribution in [3.63, 3.8) is 0 Å². The summed E-state index contributed by atoms with van der Waals surface area (Å²) in [6.07, 6.45) is -0.849. The Hall–Kier alpha value is -3.40. The van der Waals surface area contributed by atoms with Crippen molar-refractivity contribution in [1.29, 1.82) is 0 Å². The number of rotatable bonds is 6. The number of aromatic nitrogens is 1. The Morgan fingerprint density at radius 1 is 1.05 bits per heavy atom. The van der Waals surface area contributed by atoms with E-state index in [1.807, 2.05) is 18.2 Å². The van der Waals surface area contributed by atoms with Gasteiger partial charge in [0.25, 0.3) is 5.91 Å². The number of aliphatic hydroxyl groups is 1. The van der Waals surface area contributed by atoms with E-state index in [-0.39, 0.29) is 30.4 Å². The van der Waals surface area contributed by atoms with Crippen LogP contribution in [0.3, 0.4) is 0 Å². The lowest BCUT2D eigenvalue weighted by molar-refractivity contribution is -0.362. The lowest BCUT2D eigenvalue weighted by Crippen LogP contribution is -2.65. The molecule has 2 N–H and O–H groups in total. The molecule has 10 heteroatoms. The van der Waals surface area contributed by atoms with E-state index < -0.39 is 41.4 Å². The van der Waals surface area contributed by atoms with Gasteiger partial charge in [0.2, 0.25) is 0 Å². The molecule has 5 atom stereocenters. The van der Waals surface area contributed by atoms with Crippen LogP contribution >= 0.6 is 0 Å². The predicted octanol–water partition coefficient (Wildman–Crippen LogP) is 6.88. The van der Waals surface area contributed by atoms with Crippen molar-refractivity contribution in [2.75, 3.05) is 6.54 Å². The molecule has 2 aromatic rings. The molecular formula is C34H35F5N2O3. The Morgan fingerprint density at radius 2 is 1.80 bits per heavy atom. The molecule has 2 fully saturated rings. The molecule has 0 saturated heterocycles. The number of nitrogens with one attached hydrogen (secondary N) is 1. The average Bonchev–Trinajstić information content (AvgIpc) is 3.27. The zero-order valence-corrected chi connectivity index (χ0v) is 24.4. The summed E-state index contributed by atoms with van der Waals surface area (Å²) < 4.78 is 71.7. The summed E-state index contributed by atoms with van der Waals surface area (Å²) in [5.74, 6) is -6.98. The number of ketones is 1. The van der Waals surface area contributed by atoms with E-state index in [1.54, 1.807) is 36.5 Å². The molecule has 234 valence electrons. The topological polar surface area (TPSA) is 79.3 Å². The summed E-state index contributed by atoms with van der Waals surface area (Å²) in [6.45, 7) is 1.77. The molecule has 1 aromatic carbocycles. The largest absolute Gasteiger partial charge is 0.456 e. The van der Waals surface area contributed by atoms with Gasteiger partial charge >= 0.3 is 12.1 Å². The maximum absolute atomic E-state index is 15.2. The second-order valence-electron chi connectivity index (χ2n) is 12.9. The summed E-state index contributed by atoms with van der Waals surface area (Å²) in [6, 6.07) is 12.3. The Balaban J connectivity index is 1.34. The fraction of sp³-hybridized carbons (Fsp3) is 0.500. The highest BCUT2D eigenvalue weighted by molar-refractivity contribution is 5.94. The van der Waals surface area contributed by atoms with Crippen LogP contribution in [0, 0.1) is 17.3 Å². The Bertz CT molecular complexity index is 1520. The van der Waals surface area contributed by atoms with E-state index in [1.165, 1.54) is 6.92 Å². The van der Waals surface area contributed by atoms with Crippen molar-refractivity contribution in [2.24, 2.45) is 17.3 Å². The number of hydrogen-bond acceptors (Lipinski definition) is 4. The molecule has 2 saturated carbocycles. The van der Waals surface area contributed by atoms with E-state index in [0.29, 0.717) is 49.8 Å². The number of hydrogen-bond donors (Lipinski definition) is 2. The van der Waals surface area contributed by atoms with Crippen molar-refractivity contribution in [2.45, 2.75) is 81.9 Å². The number of pyridine rings is 1. The molecule has 0 radical (unpaired) electrons. The quantitative estimate of drug-likeness (QED) is 0.348. The lowest BCUT2D eigenvalue weighted by atomic mass is 9.50. The number of carbonyl (C=O) groups excluding carboxylic acids is 2. The van der Waals surface area contributed by atoms with Crippen molar-refractivity contribution in [3.05, 3.63) is 88.3 Å². The van der Waals surface area contributed by atoms with Gasteiger partial charge in [-0.25, -0.2) is 0 Å². The summed E-state index contributed by atoms with van der Waals surface area (Å²) in [5, 5.41) is 14.3. The molecule has 1 amide bonds. The molecule has 1 heterocycles. The first-order valence-corrected chi connectivity index (χ1v) is 15.2. The van der Waals surface area contributed by atoms with E-state index in [9.17, 15) is 27.9 Å². The number of amides is 1. The zero-order valence-electron chi connectivity index (χ0n) is 24.4. The maximum Gasteiger partial charge on any atom is 0.456 e. The van der Waals surface area contributed by atoms with Crippen LogP contribution in [-0.4, -0.2) is 46.0 Å². The van der Waals surface area contributed by atoms with Crippen LogP contribution in [0.25, 0.3) is 0 Å². The molecule has 6 rings (SSSR count). The highest BCUT2D eigenvalue weighted by Gasteiger charge is 2.79. The Morgan fingerprint density at radius 3 is 2.48 bits per heavy atom. The first-order valence-electron chi connectivity index (χ1n) is 15.2. The molecule has 2 unspecified atom stereocenters. The number of alkyl halides is 5. The average molecular weight is 615 g/mol. The van der Waals surface area contributed by atoms with Gasteiger partial charge in [-0.1, -0.05) is 30.7 Å². The normalized spacial score (nSPS) is 30.3. The minimum absolute atomic E-state index is 0.0264. The third-order valence-corrected chi connectivity index (χ3v) is 10.7. The van der Waals surface area contributed by atoms with Crippen molar-refractivity contribution in [3.8, 4) is 0 Å². The summed E-state index contributed by atoms with van der Waals surface area (Å²) in [5.41, 5.74) is -0.167. The molecule has 5 nitrogen and oxygen atoms in total. The number of benzene rings is 1. The number of fused-ring (bicyclic) bond motifs is 4. The Kier molecular flexibility index (Phi) is 7.58. The zero-order chi connectivity index (χ0) is 31.5. The molecule has 44 heavy (non-hydrogen) atoms. The second-order valence-corrected chi connectivity index (χ2v) is 12.9. The van der Waals surface area contributed by atoms with Gasteiger partial charge in [0.15, 0.2) is 5.78 Å². The van der Waals surface area contributed by atoms with E-state index >= 15 is 8.78 Å². The van der Waals surface area contributed by atoms with Crippen LogP contribution < -0.4 is 5.32 Å². The first-order chi connectivity index (χ1) is 20.8. The van der Waals surface area contributed by atoms with Crippen molar-refractivity contribution < 1.29 is 36.6 Å². The van der Waals surface area contributed by atoms with Crippen LogP contribution in [0.1, 0.15) is 79.4 Å². The fourth-order valence-electron chi connectivity index (χ4n) is 8.53. The number of carbonyl (C=O) groups is 2. The molecule has 0 aliphatic heterocycles. The van der Waals surface area contributed by atoms with Gasteiger partial charge < -0.3 is 10.4 Å². The van der Waals surface area contributed by atoms with Crippen molar-refractivity contribution >= 4 is 11.7 Å². The maximum atomic E-state index is 15.2. The van der Waals surface area contributed by atoms with Crippen LogP contribution in [0.5, 0.6) is 0 Å². The predicted molar refractivity (Wildman–Crippen MR) is 153 cm³/mol. The van der Waals surface area contributed by atoms with Gasteiger partial charge in [0.05, 0.1) is 0 Å². The molecule has 1 aromatic heterocycles.